The van der Waals surface area contributed by atoms with Gasteiger partial charge in [0.1, 0.15) is 11.7 Å². The minimum Gasteiger partial charge on any atom is -0.494 e. The average Bonchev–Trinajstić information content (AvgIpc) is 3.47. The first kappa shape index (κ1) is 23.1. The molecule has 0 radical (unpaired) electrons. The molecule has 0 spiro atoms. The Morgan fingerprint density at radius 3 is 2.47 bits per heavy atom. The number of alkyl halides is 2. The minimum absolute atomic E-state index is 0.0137. The summed E-state index contributed by atoms with van der Waals surface area (Å²) in [6.45, 7) is 1.68. The monoisotopic (exact) mass is 471 g/mol. The number of pyridine rings is 1. The third-order valence-electron chi connectivity index (χ3n) is 5.27. The summed E-state index contributed by atoms with van der Waals surface area (Å²) in [4.78, 5) is 36.6. The highest BCUT2D eigenvalue weighted by atomic mass is 19.3. The molecule has 1 unspecified atom stereocenters. The van der Waals surface area contributed by atoms with Crippen LogP contribution in [0.25, 0.3) is 11.4 Å². The van der Waals surface area contributed by atoms with E-state index in [4.69, 9.17) is 4.74 Å². The van der Waals surface area contributed by atoms with Gasteiger partial charge in [-0.3, -0.25) is 9.59 Å². The van der Waals surface area contributed by atoms with Crippen molar-refractivity contribution in [2.24, 2.45) is 5.92 Å². The first-order chi connectivity index (χ1) is 16.2. The van der Waals surface area contributed by atoms with E-state index in [0.717, 1.165) is 12.4 Å². The Bertz CT molecular complexity index is 1250. The first-order valence-electron chi connectivity index (χ1n) is 10.4. The molecule has 0 bridgehead atoms. The molecule has 1 aromatic carbocycles. The number of nitrogens with zero attached hydrogens (tertiary/aromatic N) is 3. The van der Waals surface area contributed by atoms with Gasteiger partial charge >= 0.3 is 0 Å². The van der Waals surface area contributed by atoms with Gasteiger partial charge in [-0.2, -0.15) is 0 Å². The molecule has 1 fully saturated rings. The van der Waals surface area contributed by atoms with Crippen molar-refractivity contribution in [1.29, 1.82) is 0 Å². The maximum atomic E-state index is 13.3. The number of Topliss-reactive ketones (excluding diaryl/α,β-unsaturated/α-hetero) is 1. The Morgan fingerprint density at radius 2 is 1.85 bits per heavy atom. The number of methoxy groups -OCH3 is 1. The molecule has 1 atom stereocenters. The van der Waals surface area contributed by atoms with Crippen LogP contribution in [0.5, 0.6) is 5.75 Å². The Balaban J connectivity index is 1.69. The maximum absolute atomic E-state index is 13.3. The molecule has 176 valence electrons. The number of benzene rings is 1. The lowest BCUT2D eigenvalue weighted by Crippen LogP contribution is -2.18. The molecule has 2 aromatic heterocycles. The van der Waals surface area contributed by atoms with E-state index >= 15 is 0 Å². The Hall–Kier alpha value is -4.02. The molecule has 34 heavy (non-hydrogen) atoms. The van der Waals surface area contributed by atoms with Crippen molar-refractivity contribution < 1.29 is 27.5 Å². The molecule has 11 heteroatoms. The Morgan fingerprint density at radius 1 is 1.15 bits per heavy atom. The molecule has 8 nitrogen and oxygen atoms in total. The van der Waals surface area contributed by atoms with Crippen LogP contribution < -0.4 is 15.4 Å². The largest absolute Gasteiger partial charge is 0.494 e. The van der Waals surface area contributed by atoms with Crippen molar-refractivity contribution in [2.45, 2.75) is 25.7 Å². The average molecular weight is 471 g/mol. The molecule has 0 aliphatic heterocycles. The van der Waals surface area contributed by atoms with Crippen LogP contribution in [-0.2, 0) is 4.79 Å². The number of carbonyl (C=O) groups excluding carboxylic acids is 2. The fraction of sp³-hybridized carbons (Fsp3) is 0.261. The molecule has 4 rings (SSSR count). The standard InChI is InChI=1S/C23H20F3N5O3/c1-3-18(32)14-11-27-19(31-22(33)15-8-23(15,25)26)7-17(14)30-16-6-4-5-13(20(16)34-2)21-28-9-12(24)10-29-21/h4-7,9-11,15H,3,8H2,1-2H3,(H2,27,30,31,33). The van der Waals surface area contributed by atoms with Crippen LogP contribution in [0.3, 0.4) is 0 Å². The van der Waals surface area contributed by atoms with Crippen LogP contribution >= 0.6 is 0 Å². The normalized spacial score (nSPS) is 16.0. The second-order valence-electron chi connectivity index (χ2n) is 7.64. The summed E-state index contributed by atoms with van der Waals surface area (Å²) in [6, 6.07) is 6.44. The van der Waals surface area contributed by atoms with E-state index < -0.39 is 30.0 Å². The van der Waals surface area contributed by atoms with Crippen molar-refractivity contribution in [3.05, 3.63) is 54.2 Å². The number of carbonyl (C=O) groups is 2. The number of anilines is 3. The topological polar surface area (TPSA) is 106 Å². The van der Waals surface area contributed by atoms with E-state index in [9.17, 15) is 22.8 Å². The first-order valence-corrected chi connectivity index (χ1v) is 10.4. The van der Waals surface area contributed by atoms with E-state index in [-0.39, 0.29) is 35.1 Å². The van der Waals surface area contributed by atoms with E-state index in [0.29, 0.717) is 17.0 Å². The molecule has 2 N–H and O–H groups in total. The summed E-state index contributed by atoms with van der Waals surface area (Å²) in [6.07, 6.45) is 3.01. The minimum atomic E-state index is -3.01. The highest BCUT2D eigenvalue weighted by Crippen LogP contribution is 2.49. The summed E-state index contributed by atoms with van der Waals surface area (Å²) in [7, 11) is 1.43. The molecular weight excluding hydrogens is 451 g/mol. The number of ketones is 1. The van der Waals surface area contributed by atoms with Gasteiger partial charge < -0.3 is 15.4 Å². The number of hydrogen-bond acceptors (Lipinski definition) is 7. The van der Waals surface area contributed by atoms with Crippen LogP contribution in [0.1, 0.15) is 30.1 Å². The van der Waals surface area contributed by atoms with Crippen LogP contribution in [0.2, 0.25) is 0 Å². The molecule has 0 saturated heterocycles. The summed E-state index contributed by atoms with van der Waals surface area (Å²) < 4.78 is 45.2. The van der Waals surface area contributed by atoms with Crippen molar-refractivity contribution in [3.8, 4) is 17.1 Å². The number of halogens is 3. The van der Waals surface area contributed by atoms with Gasteiger partial charge in [0, 0.05) is 25.1 Å². The van der Waals surface area contributed by atoms with E-state index in [2.05, 4.69) is 25.6 Å². The maximum Gasteiger partial charge on any atom is 0.260 e. The molecule has 1 amide bonds. The number of amides is 1. The molecule has 3 aromatic rings. The van der Waals surface area contributed by atoms with E-state index in [1.54, 1.807) is 25.1 Å². The second kappa shape index (κ2) is 9.08. The predicted octanol–water partition coefficient (Wildman–Crippen LogP) is 4.62. The fourth-order valence-electron chi connectivity index (χ4n) is 3.38. The van der Waals surface area contributed by atoms with Crippen molar-refractivity contribution in [1.82, 2.24) is 15.0 Å². The van der Waals surface area contributed by atoms with Crippen molar-refractivity contribution in [3.63, 3.8) is 0 Å². The van der Waals surface area contributed by atoms with Gasteiger partial charge in [-0.1, -0.05) is 13.0 Å². The van der Waals surface area contributed by atoms with Crippen molar-refractivity contribution >= 4 is 28.9 Å². The zero-order valence-electron chi connectivity index (χ0n) is 18.2. The zero-order valence-corrected chi connectivity index (χ0v) is 18.2. The van der Waals surface area contributed by atoms with Crippen LogP contribution in [0.4, 0.5) is 30.4 Å². The molecular formula is C23H20F3N5O3. The zero-order chi connectivity index (χ0) is 24.5. The quantitative estimate of drug-likeness (QED) is 0.462. The lowest BCUT2D eigenvalue weighted by molar-refractivity contribution is -0.119. The summed E-state index contributed by atoms with van der Waals surface area (Å²) >= 11 is 0. The number of rotatable bonds is 8. The van der Waals surface area contributed by atoms with Crippen LogP contribution in [0, 0.1) is 11.7 Å². The second-order valence-corrected chi connectivity index (χ2v) is 7.64. The van der Waals surface area contributed by atoms with E-state index in [1.807, 2.05) is 0 Å². The van der Waals surface area contributed by atoms with Gasteiger partial charge in [-0.15, -0.1) is 0 Å². The van der Waals surface area contributed by atoms with Gasteiger partial charge in [0.25, 0.3) is 5.92 Å². The van der Waals surface area contributed by atoms with Crippen LogP contribution in [0.15, 0.2) is 42.9 Å². The van der Waals surface area contributed by atoms with Crippen LogP contribution in [-0.4, -0.2) is 39.7 Å². The third-order valence-corrected chi connectivity index (χ3v) is 5.27. The summed E-state index contributed by atoms with van der Waals surface area (Å²) in [5.74, 6) is -5.50. The number of ether oxygens (including phenoxy) is 1. The summed E-state index contributed by atoms with van der Waals surface area (Å²) in [5, 5.41) is 5.46. The number of hydrogen-bond donors (Lipinski definition) is 2. The van der Waals surface area contributed by atoms with Gasteiger partial charge in [-0.25, -0.2) is 28.1 Å². The lowest BCUT2D eigenvalue weighted by Gasteiger charge is -2.17. The predicted molar refractivity (Wildman–Crippen MR) is 118 cm³/mol. The molecule has 1 aliphatic carbocycles. The number of aromatic nitrogens is 3. The highest BCUT2D eigenvalue weighted by Gasteiger charge is 2.61. The smallest absolute Gasteiger partial charge is 0.260 e. The van der Waals surface area contributed by atoms with Gasteiger partial charge in [0.2, 0.25) is 5.91 Å². The fourth-order valence-corrected chi connectivity index (χ4v) is 3.38. The Labute approximate surface area is 192 Å². The highest BCUT2D eigenvalue weighted by molar-refractivity contribution is 6.03. The number of para-hydroxylation sites is 1. The lowest BCUT2D eigenvalue weighted by atomic mass is 10.1. The number of nitrogens with one attached hydrogen (secondary N) is 2. The van der Waals surface area contributed by atoms with Crippen molar-refractivity contribution in [2.75, 3.05) is 17.7 Å². The van der Waals surface area contributed by atoms with Gasteiger partial charge in [0.15, 0.2) is 23.2 Å². The van der Waals surface area contributed by atoms with E-state index in [1.165, 1.54) is 19.4 Å². The molecule has 1 aliphatic rings. The molecule has 1 saturated carbocycles. The Kier molecular flexibility index (Phi) is 6.18. The molecule has 2 heterocycles. The van der Waals surface area contributed by atoms with Gasteiger partial charge in [0.05, 0.1) is 42.0 Å². The van der Waals surface area contributed by atoms with Gasteiger partial charge in [-0.05, 0) is 12.1 Å². The SMILES string of the molecule is CCC(=O)c1cnc(NC(=O)C2CC2(F)F)cc1Nc1cccc(-c2ncc(F)cn2)c1OC. The summed E-state index contributed by atoms with van der Waals surface area (Å²) in [5.41, 5.74) is 1.42. The third kappa shape index (κ3) is 4.68.